The maximum absolute atomic E-state index is 9.73. The molecule has 0 atom stereocenters. The van der Waals surface area contributed by atoms with Gasteiger partial charge in [0.15, 0.2) is 0 Å². The van der Waals surface area contributed by atoms with Crippen LogP contribution in [-0.4, -0.2) is 0 Å². The predicted octanol–water partition coefficient (Wildman–Crippen LogP) is 8.71. The van der Waals surface area contributed by atoms with Crippen LogP contribution in [0.25, 0.3) is 0 Å². The van der Waals surface area contributed by atoms with Crippen molar-refractivity contribution in [2.24, 2.45) is 0 Å². The molecule has 116 valence electrons. The fourth-order valence-corrected chi connectivity index (χ4v) is 0. The molecule has 0 aromatic heterocycles. The van der Waals surface area contributed by atoms with Gasteiger partial charge in [-0.15, -0.1) is 0 Å². The van der Waals surface area contributed by atoms with E-state index in [-0.39, 0.29) is 22.3 Å². The summed E-state index contributed by atoms with van der Waals surface area (Å²) in [6.45, 7) is 0. The van der Waals surface area contributed by atoms with Gasteiger partial charge < -0.3 is 2.85 Å². The molecule has 0 bridgehead atoms. The smallest absolute Gasteiger partial charge is 0.456 e. The molecule has 17 heavy (non-hydrogen) atoms. The standard InChI is InChI=1S/4F3P.Ru.2H/c4*1-4(2)3;;;/q;;;;;2*-1. The van der Waals surface area contributed by atoms with E-state index in [1.54, 1.807) is 0 Å². The van der Waals surface area contributed by atoms with Gasteiger partial charge in [0, 0.05) is 19.5 Å². The molecule has 0 spiro atoms. The van der Waals surface area contributed by atoms with Crippen molar-refractivity contribution in [3.05, 3.63) is 0 Å². The van der Waals surface area contributed by atoms with Gasteiger partial charge in [0.05, 0.1) is 0 Å². The minimum Gasteiger partial charge on any atom is -1.00 e. The summed E-state index contributed by atoms with van der Waals surface area (Å²) >= 11 is 0. The van der Waals surface area contributed by atoms with E-state index >= 15 is 0 Å². The van der Waals surface area contributed by atoms with Gasteiger partial charge >= 0.3 is 35.4 Å². The fourth-order valence-electron chi connectivity index (χ4n) is 0. The van der Waals surface area contributed by atoms with Crippen molar-refractivity contribution in [3.8, 4) is 0 Å². The van der Waals surface area contributed by atoms with E-state index in [0.717, 1.165) is 0 Å². The van der Waals surface area contributed by atoms with Crippen LogP contribution in [0, 0.1) is 0 Å². The average molecular weight is 455 g/mol. The van der Waals surface area contributed by atoms with Crippen LogP contribution in [-0.2, 0) is 19.5 Å². The van der Waals surface area contributed by atoms with Crippen LogP contribution in [0.2, 0.25) is 0 Å². The molecule has 17 heteroatoms. The van der Waals surface area contributed by atoms with E-state index < -0.39 is 35.4 Å². The molecule has 0 radical (unpaired) electrons. The summed E-state index contributed by atoms with van der Waals surface area (Å²) in [6, 6.07) is 0. The fraction of sp³-hybridized carbons (Fsp3) is 0. The Hall–Kier alpha value is 1.50. The van der Waals surface area contributed by atoms with E-state index in [4.69, 9.17) is 0 Å². The third-order valence-corrected chi connectivity index (χ3v) is 0. The van der Waals surface area contributed by atoms with Gasteiger partial charge in [-0.3, -0.25) is 0 Å². The van der Waals surface area contributed by atoms with Crippen LogP contribution in [0.15, 0.2) is 0 Å². The Morgan fingerprint density at radius 3 is 0.353 bits per heavy atom. The molecule has 0 amide bonds. The molecule has 0 rings (SSSR count). The van der Waals surface area contributed by atoms with Crippen LogP contribution in [0.1, 0.15) is 2.85 Å². The summed E-state index contributed by atoms with van der Waals surface area (Å²) in [6.07, 6.45) is 0. The zero-order chi connectivity index (χ0) is 14.3. The third kappa shape index (κ3) is 1860. The maximum Gasteiger partial charge on any atom is 0.456 e. The average Bonchev–Trinajstić information content (AvgIpc) is 1.76. The second-order valence-corrected chi connectivity index (χ2v) is 2.30. The molecule has 0 nitrogen and oxygen atoms in total. The van der Waals surface area contributed by atoms with Crippen molar-refractivity contribution in [2.45, 2.75) is 0 Å². The van der Waals surface area contributed by atoms with Gasteiger partial charge in [0.25, 0.3) is 0 Å². The van der Waals surface area contributed by atoms with Crippen LogP contribution in [0.4, 0.5) is 50.4 Å². The Bertz CT molecular complexity index is 70.7. The Labute approximate surface area is 109 Å². The number of hydrogen-bond acceptors (Lipinski definition) is 0. The third-order valence-electron chi connectivity index (χ3n) is 0. The maximum atomic E-state index is 9.73. The van der Waals surface area contributed by atoms with Crippen molar-refractivity contribution >= 4 is 35.4 Å². The zero-order valence-electron chi connectivity index (χ0n) is 8.68. The van der Waals surface area contributed by atoms with Crippen molar-refractivity contribution in [2.75, 3.05) is 0 Å². The van der Waals surface area contributed by atoms with Crippen LogP contribution < -0.4 is 0 Å². The summed E-state index contributed by atoms with van der Waals surface area (Å²) in [4.78, 5) is 0. The van der Waals surface area contributed by atoms with Crippen molar-refractivity contribution in [1.82, 2.24) is 0 Å². The molecule has 0 aliphatic heterocycles. The number of halogens is 12. The molecular formula is H2F12P4Ru-2. The van der Waals surface area contributed by atoms with Gasteiger partial charge in [0.1, 0.15) is 0 Å². The topological polar surface area (TPSA) is 0 Å². The van der Waals surface area contributed by atoms with Crippen molar-refractivity contribution in [1.29, 1.82) is 0 Å². The molecule has 0 aromatic carbocycles. The summed E-state index contributed by atoms with van der Waals surface area (Å²) in [5.41, 5.74) is 0. The molecule has 0 heterocycles. The molecule has 0 saturated carbocycles. The van der Waals surface area contributed by atoms with Crippen LogP contribution >= 0.6 is 35.4 Å². The van der Waals surface area contributed by atoms with E-state index in [1.807, 2.05) is 0 Å². The van der Waals surface area contributed by atoms with E-state index in [1.165, 1.54) is 0 Å². The molecule has 0 fully saturated rings. The van der Waals surface area contributed by atoms with Gasteiger partial charge in [-0.1, -0.05) is 0 Å². The van der Waals surface area contributed by atoms with Crippen molar-refractivity contribution in [3.63, 3.8) is 0 Å². The summed E-state index contributed by atoms with van der Waals surface area (Å²) in [7, 11) is -16.5. The molecule has 0 N–H and O–H groups in total. The first kappa shape index (κ1) is 31.1. The Kier molecular flexibility index (Phi) is 47.8. The first-order valence-corrected chi connectivity index (χ1v) is 6.09. The zero-order valence-corrected chi connectivity index (χ0v) is 12.0. The van der Waals surface area contributed by atoms with Crippen molar-refractivity contribution < 1.29 is 72.7 Å². The van der Waals surface area contributed by atoms with E-state index in [9.17, 15) is 50.4 Å². The van der Waals surface area contributed by atoms with Crippen LogP contribution in [0.3, 0.4) is 0 Å². The van der Waals surface area contributed by atoms with Gasteiger partial charge in [-0.25, -0.2) is 0 Å². The molecule has 0 aliphatic carbocycles. The summed E-state index contributed by atoms with van der Waals surface area (Å²) in [5, 5.41) is 0. The Morgan fingerprint density at radius 1 is 0.353 bits per heavy atom. The molecule has 0 aromatic rings. The van der Waals surface area contributed by atoms with Crippen LogP contribution in [0.5, 0.6) is 0 Å². The second kappa shape index (κ2) is 26.1. The Morgan fingerprint density at radius 2 is 0.353 bits per heavy atom. The Balaban J connectivity index is -0.0000000192. The largest absolute Gasteiger partial charge is 1.00 e. The second-order valence-electron chi connectivity index (χ2n) is 0.767. The minimum atomic E-state index is -4.12. The van der Waals surface area contributed by atoms with Gasteiger partial charge in [-0.2, -0.15) is 50.4 Å². The summed E-state index contributed by atoms with van der Waals surface area (Å²) < 4.78 is 117. The molecule has 0 unspecified atom stereocenters. The normalized spacial score (nSPS) is 8.47. The first-order chi connectivity index (χ1) is 6.93. The number of rotatable bonds is 0. The van der Waals surface area contributed by atoms with E-state index in [0.29, 0.717) is 0 Å². The molecule has 0 saturated heterocycles. The quantitative estimate of drug-likeness (QED) is 0.195. The monoisotopic (exact) mass is 456 g/mol. The first-order valence-electron chi connectivity index (χ1n) is 2.03. The molecule has 0 aliphatic rings. The minimum absolute atomic E-state index is 0. The number of hydrogen-bond donors (Lipinski definition) is 0. The van der Waals surface area contributed by atoms with Gasteiger partial charge in [-0.05, 0) is 0 Å². The predicted molar refractivity (Wildman–Crippen MR) is 43.2 cm³/mol. The molecular weight excluding hydrogens is 453 g/mol. The van der Waals surface area contributed by atoms with E-state index in [2.05, 4.69) is 0 Å². The summed E-state index contributed by atoms with van der Waals surface area (Å²) in [5.74, 6) is 0. The van der Waals surface area contributed by atoms with Gasteiger partial charge in [0.2, 0.25) is 0 Å². The SMILES string of the molecule is FP(F)F.FP(F)F.FP(F)F.FP(F)F.[H-].[H-].[Ru].